The van der Waals surface area contributed by atoms with Crippen LogP contribution in [0.4, 0.5) is 0 Å². The molecule has 1 aliphatic rings. The average molecular weight is 250 g/mol. The molecule has 0 aliphatic carbocycles. The molecule has 0 aromatic carbocycles. The highest BCUT2D eigenvalue weighted by molar-refractivity contribution is 5.90. The van der Waals surface area contributed by atoms with E-state index in [0.717, 1.165) is 19.3 Å². The van der Waals surface area contributed by atoms with Gasteiger partial charge in [0.05, 0.1) is 6.04 Å². The number of terminal acetylenes is 1. The minimum Gasteiger partial charge on any atom is -0.344 e. The summed E-state index contributed by atoms with van der Waals surface area (Å²) in [6.07, 6.45) is 9.10. The molecular formula is C14H22N2O2. The lowest BCUT2D eigenvalue weighted by Crippen LogP contribution is -2.48. The van der Waals surface area contributed by atoms with Gasteiger partial charge in [0.1, 0.15) is 6.04 Å². The third-order valence-corrected chi connectivity index (χ3v) is 3.20. The summed E-state index contributed by atoms with van der Waals surface area (Å²) in [6, 6.07) is -0.590. The Labute approximate surface area is 109 Å². The van der Waals surface area contributed by atoms with E-state index in [1.165, 1.54) is 0 Å². The zero-order chi connectivity index (χ0) is 13.5. The molecule has 1 N–H and O–H groups in total. The number of amides is 2. The van der Waals surface area contributed by atoms with Gasteiger partial charge in [-0.05, 0) is 12.8 Å². The summed E-state index contributed by atoms with van der Waals surface area (Å²) in [5, 5.41) is 2.78. The fourth-order valence-electron chi connectivity index (χ4n) is 2.26. The van der Waals surface area contributed by atoms with Gasteiger partial charge in [-0.15, -0.1) is 6.42 Å². The van der Waals surface area contributed by atoms with Gasteiger partial charge in [0.15, 0.2) is 0 Å². The van der Waals surface area contributed by atoms with Crippen LogP contribution < -0.4 is 5.32 Å². The Hall–Kier alpha value is -1.50. The van der Waals surface area contributed by atoms with Crippen molar-refractivity contribution in [3.05, 3.63) is 0 Å². The summed E-state index contributed by atoms with van der Waals surface area (Å²) in [5.41, 5.74) is 0. The Morgan fingerprint density at radius 2 is 2.17 bits per heavy atom. The van der Waals surface area contributed by atoms with E-state index < -0.39 is 6.04 Å². The maximum Gasteiger partial charge on any atom is 0.246 e. The van der Waals surface area contributed by atoms with Gasteiger partial charge in [-0.3, -0.25) is 9.59 Å². The third-order valence-electron chi connectivity index (χ3n) is 3.20. The maximum atomic E-state index is 12.4. The second-order valence-electron chi connectivity index (χ2n) is 4.66. The molecular weight excluding hydrogens is 228 g/mol. The molecule has 2 unspecified atom stereocenters. The summed E-state index contributed by atoms with van der Waals surface area (Å²) in [7, 11) is 0. The van der Waals surface area contributed by atoms with Crippen molar-refractivity contribution in [2.45, 2.75) is 58.0 Å². The van der Waals surface area contributed by atoms with Gasteiger partial charge in [0, 0.05) is 13.0 Å². The van der Waals surface area contributed by atoms with Crippen LogP contribution in [0.15, 0.2) is 0 Å². The molecule has 2 atom stereocenters. The monoisotopic (exact) mass is 250 g/mol. The molecule has 0 aromatic rings. The van der Waals surface area contributed by atoms with Crippen LogP contribution in [0.2, 0.25) is 0 Å². The van der Waals surface area contributed by atoms with E-state index in [2.05, 4.69) is 11.2 Å². The Morgan fingerprint density at radius 3 is 2.72 bits per heavy atom. The largest absolute Gasteiger partial charge is 0.344 e. The average Bonchev–Trinajstić information content (AvgIpc) is 2.48. The molecule has 4 nitrogen and oxygen atoms in total. The number of carbonyl (C=O) groups excluding carboxylic acids is 2. The van der Waals surface area contributed by atoms with Crippen molar-refractivity contribution in [2.75, 3.05) is 6.54 Å². The minimum atomic E-state index is -0.405. The second-order valence-corrected chi connectivity index (χ2v) is 4.66. The van der Waals surface area contributed by atoms with Gasteiger partial charge >= 0.3 is 0 Å². The second kappa shape index (κ2) is 7.05. The summed E-state index contributed by atoms with van der Waals surface area (Å²) in [4.78, 5) is 25.7. The molecule has 1 heterocycles. The van der Waals surface area contributed by atoms with E-state index in [9.17, 15) is 9.59 Å². The predicted octanol–water partition coefficient (Wildman–Crippen LogP) is 1.31. The summed E-state index contributed by atoms with van der Waals surface area (Å²) in [6.45, 7) is 4.47. The highest BCUT2D eigenvalue weighted by atomic mass is 16.2. The van der Waals surface area contributed by atoms with Crippen LogP contribution in [0.5, 0.6) is 0 Å². The Kier molecular flexibility index (Phi) is 5.70. The Morgan fingerprint density at radius 1 is 1.44 bits per heavy atom. The van der Waals surface area contributed by atoms with Gasteiger partial charge in [-0.25, -0.2) is 0 Å². The van der Waals surface area contributed by atoms with Crippen LogP contribution >= 0.6 is 0 Å². The molecule has 1 aliphatic heterocycles. The van der Waals surface area contributed by atoms with E-state index >= 15 is 0 Å². The number of nitrogens with one attached hydrogen (secondary N) is 1. The van der Waals surface area contributed by atoms with Gasteiger partial charge in [-0.1, -0.05) is 32.6 Å². The van der Waals surface area contributed by atoms with Gasteiger partial charge in [-0.2, -0.15) is 0 Å². The van der Waals surface area contributed by atoms with Crippen molar-refractivity contribution in [1.82, 2.24) is 10.2 Å². The van der Waals surface area contributed by atoms with Crippen LogP contribution in [0.25, 0.3) is 0 Å². The van der Waals surface area contributed by atoms with Crippen molar-refractivity contribution < 1.29 is 9.59 Å². The van der Waals surface area contributed by atoms with Crippen molar-refractivity contribution in [3.63, 3.8) is 0 Å². The SMILES string of the molecule is C#CC(CCC)N1CCC(=O)NC(CCC)C1=O. The Bertz CT molecular complexity index is 346. The van der Waals surface area contributed by atoms with Gasteiger partial charge in [0.25, 0.3) is 0 Å². The number of rotatable bonds is 5. The molecule has 18 heavy (non-hydrogen) atoms. The highest BCUT2D eigenvalue weighted by Crippen LogP contribution is 2.14. The molecule has 1 fully saturated rings. The molecule has 4 heteroatoms. The quantitative estimate of drug-likeness (QED) is 0.748. The topological polar surface area (TPSA) is 49.4 Å². The van der Waals surface area contributed by atoms with E-state index in [-0.39, 0.29) is 17.9 Å². The molecule has 1 rings (SSSR count). The molecule has 100 valence electrons. The normalized spacial score (nSPS) is 22.1. The molecule has 0 spiro atoms. The van der Waals surface area contributed by atoms with E-state index in [1.807, 2.05) is 13.8 Å². The lowest BCUT2D eigenvalue weighted by molar-refractivity contribution is -0.134. The molecule has 1 saturated heterocycles. The number of carbonyl (C=O) groups is 2. The highest BCUT2D eigenvalue weighted by Gasteiger charge is 2.32. The van der Waals surface area contributed by atoms with Crippen LogP contribution in [0.1, 0.15) is 46.0 Å². The first kappa shape index (κ1) is 14.6. The van der Waals surface area contributed by atoms with Crippen molar-refractivity contribution in [1.29, 1.82) is 0 Å². The molecule has 0 saturated carbocycles. The van der Waals surface area contributed by atoms with E-state index in [4.69, 9.17) is 6.42 Å². The van der Waals surface area contributed by atoms with Gasteiger partial charge < -0.3 is 10.2 Å². The van der Waals surface area contributed by atoms with Crippen LogP contribution in [0.3, 0.4) is 0 Å². The van der Waals surface area contributed by atoms with Crippen LogP contribution in [-0.4, -0.2) is 35.3 Å². The lowest BCUT2D eigenvalue weighted by atomic mass is 10.1. The zero-order valence-electron chi connectivity index (χ0n) is 11.2. The smallest absolute Gasteiger partial charge is 0.246 e. The summed E-state index contributed by atoms with van der Waals surface area (Å²) >= 11 is 0. The third kappa shape index (κ3) is 3.49. The first-order chi connectivity index (χ1) is 8.63. The number of hydrogen-bond acceptors (Lipinski definition) is 2. The predicted molar refractivity (Wildman–Crippen MR) is 70.7 cm³/mol. The summed E-state index contributed by atoms with van der Waals surface area (Å²) in [5.74, 6) is 2.59. The molecule has 0 radical (unpaired) electrons. The molecule has 0 bridgehead atoms. The van der Waals surface area contributed by atoms with Crippen molar-refractivity contribution in [2.24, 2.45) is 0 Å². The molecule has 2 amide bonds. The summed E-state index contributed by atoms with van der Waals surface area (Å²) < 4.78 is 0. The standard InChI is InChI=1S/C14H22N2O2/c1-4-7-11(6-3)16-10-9-13(17)15-12(8-5-2)14(16)18/h3,11-12H,4-5,7-10H2,1-2H3,(H,15,17). The van der Waals surface area contributed by atoms with E-state index in [1.54, 1.807) is 4.90 Å². The van der Waals surface area contributed by atoms with Crippen molar-refractivity contribution >= 4 is 11.8 Å². The first-order valence-electron chi connectivity index (χ1n) is 6.70. The lowest BCUT2D eigenvalue weighted by Gasteiger charge is -2.29. The van der Waals surface area contributed by atoms with E-state index in [0.29, 0.717) is 19.4 Å². The van der Waals surface area contributed by atoms with Gasteiger partial charge in [0.2, 0.25) is 11.8 Å². The Balaban J connectivity index is 2.85. The fraction of sp³-hybridized carbons (Fsp3) is 0.714. The number of hydrogen-bond donors (Lipinski definition) is 1. The van der Waals surface area contributed by atoms with Crippen molar-refractivity contribution in [3.8, 4) is 12.3 Å². The van der Waals surface area contributed by atoms with Crippen LogP contribution in [-0.2, 0) is 9.59 Å². The zero-order valence-corrected chi connectivity index (χ0v) is 11.2. The van der Waals surface area contributed by atoms with Crippen LogP contribution in [0, 0.1) is 12.3 Å². The first-order valence-corrected chi connectivity index (χ1v) is 6.70. The fourth-order valence-corrected chi connectivity index (χ4v) is 2.26. The minimum absolute atomic E-state index is 0.0286. The molecule has 0 aromatic heterocycles. The maximum absolute atomic E-state index is 12.4. The number of nitrogens with zero attached hydrogens (tertiary/aromatic N) is 1.